The van der Waals surface area contributed by atoms with Crippen molar-refractivity contribution in [1.29, 1.82) is 0 Å². The molecule has 1 aliphatic heterocycles. The number of ether oxygens (including phenoxy) is 1. The minimum absolute atomic E-state index is 0.474. The lowest BCUT2D eigenvalue weighted by molar-refractivity contribution is 0.278. The highest BCUT2D eigenvalue weighted by Gasteiger charge is 2.15. The van der Waals surface area contributed by atoms with Gasteiger partial charge in [-0.3, -0.25) is 0 Å². The molecule has 0 aromatic heterocycles. The van der Waals surface area contributed by atoms with Crippen molar-refractivity contribution in [3.63, 3.8) is 0 Å². The van der Waals surface area contributed by atoms with Gasteiger partial charge in [0.25, 0.3) is 0 Å². The molecule has 0 bridgehead atoms. The molecule has 1 saturated heterocycles. The Kier molecular flexibility index (Phi) is 6.52. The summed E-state index contributed by atoms with van der Waals surface area (Å²) in [6.45, 7) is 9.51. The van der Waals surface area contributed by atoms with Crippen molar-refractivity contribution in [2.45, 2.75) is 39.2 Å². The van der Waals surface area contributed by atoms with Crippen LogP contribution >= 0.6 is 0 Å². The molecule has 3 nitrogen and oxygen atoms in total. The van der Waals surface area contributed by atoms with Gasteiger partial charge in [-0.15, -0.1) is 0 Å². The van der Waals surface area contributed by atoms with E-state index in [4.69, 9.17) is 4.74 Å². The smallest absolute Gasteiger partial charge is 0.122 e. The van der Waals surface area contributed by atoms with Gasteiger partial charge in [-0.2, -0.15) is 0 Å². The molecular formula is C18H30N2O. The molecule has 0 aliphatic carbocycles. The normalized spacial score (nSPS) is 18.6. The van der Waals surface area contributed by atoms with Crippen LogP contribution in [-0.2, 0) is 6.42 Å². The fourth-order valence-corrected chi connectivity index (χ4v) is 3.15. The van der Waals surface area contributed by atoms with Gasteiger partial charge >= 0.3 is 0 Å². The molecule has 2 rings (SSSR count). The van der Waals surface area contributed by atoms with Crippen LogP contribution in [-0.4, -0.2) is 44.2 Å². The summed E-state index contributed by atoms with van der Waals surface area (Å²) in [6, 6.07) is 8.78. The fraction of sp³-hybridized carbons (Fsp3) is 0.667. The van der Waals surface area contributed by atoms with Gasteiger partial charge in [-0.05, 0) is 63.4 Å². The molecule has 21 heavy (non-hydrogen) atoms. The Bertz CT molecular complexity index is 415. The predicted octanol–water partition coefficient (Wildman–Crippen LogP) is 2.95. The summed E-state index contributed by atoms with van der Waals surface area (Å²) in [6.07, 6.45) is 3.77. The van der Waals surface area contributed by atoms with Crippen LogP contribution in [0.4, 0.5) is 0 Å². The van der Waals surface area contributed by atoms with Crippen molar-refractivity contribution < 1.29 is 4.74 Å². The van der Waals surface area contributed by atoms with E-state index < -0.39 is 0 Å². The topological polar surface area (TPSA) is 24.5 Å². The summed E-state index contributed by atoms with van der Waals surface area (Å²) >= 11 is 0. The molecule has 0 spiro atoms. The summed E-state index contributed by atoms with van der Waals surface area (Å²) in [7, 11) is 1.75. The monoisotopic (exact) mass is 290 g/mol. The van der Waals surface area contributed by atoms with Crippen molar-refractivity contribution >= 4 is 0 Å². The van der Waals surface area contributed by atoms with E-state index in [1.54, 1.807) is 7.11 Å². The number of likely N-dealkylation sites (tertiary alicyclic amines) is 1. The third-order valence-electron chi connectivity index (χ3n) is 4.30. The molecule has 1 fully saturated rings. The van der Waals surface area contributed by atoms with Crippen molar-refractivity contribution in [1.82, 2.24) is 10.2 Å². The number of hydrogen-bond acceptors (Lipinski definition) is 3. The van der Waals surface area contributed by atoms with Gasteiger partial charge in [-0.1, -0.05) is 25.1 Å². The Labute approximate surface area is 129 Å². The number of benzene rings is 1. The third-order valence-corrected chi connectivity index (χ3v) is 4.30. The molecule has 1 aliphatic rings. The van der Waals surface area contributed by atoms with Crippen LogP contribution in [0.3, 0.4) is 0 Å². The van der Waals surface area contributed by atoms with E-state index in [2.05, 4.69) is 36.2 Å². The zero-order chi connectivity index (χ0) is 15.1. The quantitative estimate of drug-likeness (QED) is 0.796. The molecule has 0 saturated carbocycles. The fourth-order valence-electron chi connectivity index (χ4n) is 3.15. The van der Waals surface area contributed by atoms with Gasteiger partial charge in [0.05, 0.1) is 7.11 Å². The standard InChI is InChI=1S/C18H30N2O/c1-15(14-20-10-6-7-11-20)13-19-16(2)12-17-8-4-5-9-18(17)21-3/h4-5,8-9,15-16,19H,6-7,10-14H2,1-3H3. The van der Waals surface area contributed by atoms with Gasteiger partial charge in [0.2, 0.25) is 0 Å². The third kappa shape index (κ3) is 5.33. The maximum absolute atomic E-state index is 5.43. The maximum atomic E-state index is 5.43. The van der Waals surface area contributed by atoms with Gasteiger partial charge < -0.3 is 15.0 Å². The highest BCUT2D eigenvalue weighted by atomic mass is 16.5. The number of nitrogens with one attached hydrogen (secondary N) is 1. The van der Waals surface area contributed by atoms with E-state index >= 15 is 0 Å². The molecule has 2 unspecified atom stereocenters. The van der Waals surface area contributed by atoms with Gasteiger partial charge in [0.15, 0.2) is 0 Å². The molecule has 2 atom stereocenters. The van der Waals surface area contributed by atoms with E-state index in [-0.39, 0.29) is 0 Å². The van der Waals surface area contributed by atoms with E-state index in [1.165, 1.54) is 38.0 Å². The second-order valence-electron chi connectivity index (χ2n) is 6.44. The highest BCUT2D eigenvalue weighted by molar-refractivity contribution is 5.33. The zero-order valence-corrected chi connectivity index (χ0v) is 13.8. The van der Waals surface area contributed by atoms with E-state index in [0.29, 0.717) is 12.0 Å². The number of methoxy groups -OCH3 is 1. The second kappa shape index (κ2) is 8.40. The van der Waals surface area contributed by atoms with Crippen molar-refractivity contribution in [2.24, 2.45) is 5.92 Å². The first-order chi connectivity index (χ1) is 10.2. The lowest BCUT2D eigenvalue weighted by atomic mass is 10.0. The number of hydrogen-bond donors (Lipinski definition) is 1. The molecule has 118 valence electrons. The molecule has 3 heteroatoms. The molecule has 1 aromatic rings. The van der Waals surface area contributed by atoms with Gasteiger partial charge in [0, 0.05) is 12.6 Å². The van der Waals surface area contributed by atoms with E-state index in [0.717, 1.165) is 18.7 Å². The van der Waals surface area contributed by atoms with Crippen LogP contribution in [0, 0.1) is 5.92 Å². The summed E-state index contributed by atoms with van der Waals surface area (Å²) in [5.74, 6) is 1.71. The van der Waals surface area contributed by atoms with Crippen molar-refractivity contribution in [3.8, 4) is 5.75 Å². The van der Waals surface area contributed by atoms with Crippen molar-refractivity contribution in [3.05, 3.63) is 29.8 Å². The minimum atomic E-state index is 0.474. The Morgan fingerprint density at radius 2 is 1.90 bits per heavy atom. The Hall–Kier alpha value is -1.06. The Balaban J connectivity index is 1.72. The molecule has 1 heterocycles. The summed E-state index contributed by atoms with van der Waals surface area (Å²) in [4.78, 5) is 2.59. The van der Waals surface area contributed by atoms with Crippen LogP contribution in [0.2, 0.25) is 0 Å². The van der Waals surface area contributed by atoms with Crippen LogP contribution in [0.15, 0.2) is 24.3 Å². The van der Waals surface area contributed by atoms with Crippen LogP contribution in [0.1, 0.15) is 32.3 Å². The predicted molar refractivity (Wildman–Crippen MR) is 89.0 cm³/mol. The second-order valence-corrected chi connectivity index (χ2v) is 6.44. The molecule has 1 aromatic carbocycles. The Morgan fingerprint density at radius 1 is 1.19 bits per heavy atom. The molecule has 0 radical (unpaired) electrons. The zero-order valence-electron chi connectivity index (χ0n) is 13.8. The SMILES string of the molecule is COc1ccccc1CC(C)NCC(C)CN1CCCC1. The largest absolute Gasteiger partial charge is 0.496 e. The average molecular weight is 290 g/mol. The summed E-state index contributed by atoms with van der Waals surface area (Å²) in [5.41, 5.74) is 1.28. The van der Waals surface area contributed by atoms with Gasteiger partial charge in [-0.25, -0.2) is 0 Å². The van der Waals surface area contributed by atoms with E-state index in [1.807, 2.05) is 12.1 Å². The van der Waals surface area contributed by atoms with Crippen molar-refractivity contribution in [2.75, 3.05) is 33.3 Å². The molecular weight excluding hydrogens is 260 g/mol. The van der Waals surface area contributed by atoms with Crippen LogP contribution < -0.4 is 10.1 Å². The lowest BCUT2D eigenvalue weighted by Gasteiger charge is -2.23. The molecule has 1 N–H and O–H groups in total. The van der Waals surface area contributed by atoms with Gasteiger partial charge in [0.1, 0.15) is 5.75 Å². The summed E-state index contributed by atoms with van der Waals surface area (Å²) < 4.78 is 5.43. The number of para-hydroxylation sites is 1. The highest BCUT2D eigenvalue weighted by Crippen LogP contribution is 2.19. The van der Waals surface area contributed by atoms with E-state index in [9.17, 15) is 0 Å². The maximum Gasteiger partial charge on any atom is 0.122 e. The first kappa shape index (κ1) is 16.3. The molecule has 0 amide bonds. The number of rotatable bonds is 8. The lowest BCUT2D eigenvalue weighted by Crippen LogP contribution is -2.36. The first-order valence-corrected chi connectivity index (χ1v) is 8.26. The number of nitrogens with zero attached hydrogens (tertiary/aromatic N) is 1. The van der Waals surface area contributed by atoms with Crippen LogP contribution in [0.25, 0.3) is 0 Å². The average Bonchev–Trinajstić information content (AvgIpc) is 2.98. The Morgan fingerprint density at radius 3 is 2.62 bits per heavy atom. The summed E-state index contributed by atoms with van der Waals surface area (Å²) in [5, 5.41) is 3.67. The first-order valence-electron chi connectivity index (χ1n) is 8.26. The van der Waals surface area contributed by atoms with Crippen LogP contribution in [0.5, 0.6) is 5.75 Å². The minimum Gasteiger partial charge on any atom is -0.496 e.